The molecule has 0 spiro atoms. The first kappa shape index (κ1) is 15.8. The predicted octanol–water partition coefficient (Wildman–Crippen LogP) is 3.31. The normalized spacial score (nSPS) is 10.3. The Morgan fingerprint density at radius 2 is 1.95 bits per heavy atom. The molecule has 5 heteroatoms. The van der Waals surface area contributed by atoms with Gasteiger partial charge in [-0.3, -0.25) is 4.79 Å². The second kappa shape index (κ2) is 8.02. The van der Waals surface area contributed by atoms with Crippen LogP contribution < -0.4 is 15.4 Å². The van der Waals surface area contributed by atoms with E-state index in [1.807, 2.05) is 36.4 Å². The summed E-state index contributed by atoms with van der Waals surface area (Å²) in [6.07, 6.45) is 1.98. The van der Waals surface area contributed by atoms with Crippen molar-refractivity contribution in [2.75, 3.05) is 17.2 Å². The van der Waals surface area contributed by atoms with Gasteiger partial charge in [0.05, 0.1) is 24.9 Å². The van der Waals surface area contributed by atoms with Crippen LogP contribution in [-0.2, 0) is 4.79 Å². The molecule has 0 aliphatic carbocycles. The molecule has 116 valence electrons. The van der Waals surface area contributed by atoms with E-state index in [4.69, 9.17) is 4.74 Å². The second-order valence-corrected chi connectivity index (χ2v) is 5.19. The molecule has 1 heterocycles. The Morgan fingerprint density at radius 1 is 1.18 bits per heavy atom. The largest absolute Gasteiger partial charge is 0.493 e. The molecule has 22 heavy (non-hydrogen) atoms. The highest BCUT2D eigenvalue weighted by atomic mass is 16.5. The number of carbonyl (C=O) groups excluding carboxylic acids is 1. The molecule has 2 rings (SSSR count). The van der Waals surface area contributed by atoms with Crippen molar-refractivity contribution in [3.63, 3.8) is 0 Å². The number of para-hydroxylation sites is 1. The third-order valence-corrected chi connectivity index (χ3v) is 2.83. The van der Waals surface area contributed by atoms with Crippen LogP contribution in [0.5, 0.6) is 5.75 Å². The van der Waals surface area contributed by atoms with E-state index in [0.717, 1.165) is 11.4 Å². The number of anilines is 2. The molecule has 0 radical (unpaired) electrons. The van der Waals surface area contributed by atoms with Gasteiger partial charge >= 0.3 is 0 Å². The standard InChI is InChI=1S/C17H21N3O2/c1-13(2)19-14-8-9-16(18-12-14)20-17(21)10-11-22-15-6-4-3-5-7-15/h3-9,12-13,19H,10-11H2,1-2H3,(H,18,20,21). The Balaban J connectivity index is 1.74. The molecule has 1 aromatic carbocycles. The average molecular weight is 299 g/mol. The number of aromatic nitrogens is 1. The fraction of sp³-hybridized carbons (Fsp3) is 0.294. The highest BCUT2D eigenvalue weighted by molar-refractivity contribution is 5.89. The number of carbonyl (C=O) groups is 1. The van der Waals surface area contributed by atoms with Crippen LogP contribution in [0.15, 0.2) is 48.7 Å². The van der Waals surface area contributed by atoms with E-state index in [1.54, 1.807) is 12.3 Å². The number of benzene rings is 1. The summed E-state index contributed by atoms with van der Waals surface area (Å²) < 4.78 is 5.49. The molecule has 0 aliphatic rings. The Bertz CT molecular complexity index is 583. The third kappa shape index (κ3) is 5.44. The number of ether oxygens (including phenoxy) is 1. The smallest absolute Gasteiger partial charge is 0.228 e. The van der Waals surface area contributed by atoms with Crippen molar-refractivity contribution in [3.05, 3.63) is 48.7 Å². The molecule has 1 aromatic heterocycles. The zero-order valence-corrected chi connectivity index (χ0v) is 12.9. The number of pyridine rings is 1. The number of rotatable bonds is 7. The van der Waals surface area contributed by atoms with Crippen LogP contribution in [0, 0.1) is 0 Å². The summed E-state index contributed by atoms with van der Waals surface area (Å²) >= 11 is 0. The van der Waals surface area contributed by atoms with Crippen LogP contribution in [0.2, 0.25) is 0 Å². The lowest BCUT2D eigenvalue weighted by Crippen LogP contribution is -2.16. The zero-order chi connectivity index (χ0) is 15.8. The van der Waals surface area contributed by atoms with Gasteiger partial charge in [0.25, 0.3) is 0 Å². The van der Waals surface area contributed by atoms with Crippen molar-refractivity contribution in [1.82, 2.24) is 4.98 Å². The lowest BCUT2D eigenvalue weighted by atomic mass is 10.3. The lowest BCUT2D eigenvalue weighted by Gasteiger charge is -2.10. The van der Waals surface area contributed by atoms with Gasteiger partial charge in [-0.15, -0.1) is 0 Å². The molecular weight excluding hydrogens is 278 g/mol. The maximum Gasteiger partial charge on any atom is 0.228 e. The summed E-state index contributed by atoms with van der Waals surface area (Å²) in [7, 11) is 0. The van der Waals surface area contributed by atoms with Crippen LogP contribution in [0.1, 0.15) is 20.3 Å². The van der Waals surface area contributed by atoms with Gasteiger partial charge in [0.2, 0.25) is 5.91 Å². The summed E-state index contributed by atoms with van der Waals surface area (Å²) in [5.74, 6) is 1.18. The third-order valence-electron chi connectivity index (χ3n) is 2.83. The molecule has 0 saturated carbocycles. The first-order chi connectivity index (χ1) is 10.6. The van der Waals surface area contributed by atoms with Crippen LogP contribution in [-0.4, -0.2) is 23.5 Å². The van der Waals surface area contributed by atoms with Gasteiger partial charge in [-0.2, -0.15) is 0 Å². The Morgan fingerprint density at radius 3 is 2.59 bits per heavy atom. The van der Waals surface area contributed by atoms with Gasteiger partial charge in [0, 0.05) is 6.04 Å². The first-order valence-corrected chi connectivity index (χ1v) is 7.34. The first-order valence-electron chi connectivity index (χ1n) is 7.34. The maximum absolute atomic E-state index is 11.8. The molecule has 0 bridgehead atoms. The van der Waals surface area contributed by atoms with Gasteiger partial charge in [-0.25, -0.2) is 4.98 Å². The van der Waals surface area contributed by atoms with E-state index < -0.39 is 0 Å². The van der Waals surface area contributed by atoms with Gasteiger partial charge < -0.3 is 15.4 Å². The molecule has 0 aliphatic heterocycles. The minimum absolute atomic E-state index is 0.118. The van der Waals surface area contributed by atoms with Gasteiger partial charge in [0.1, 0.15) is 11.6 Å². The van der Waals surface area contributed by atoms with E-state index >= 15 is 0 Å². The summed E-state index contributed by atoms with van der Waals surface area (Å²) in [4.78, 5) is 16.0. The van der Waals surface area contributed by atoms with Crippen LogP contribution >= 0.6 is 0 Å². The zero-order valence-electron chi connectivity index (χ0n) is 12.9. The molecule has 2 N–H and O–H groups in total. The molecule has 2 aromatic rings. The molecule has 0 fully saturated rings. The summed E-state index contributed by atoms with van der Waals surface area (Å²) in [5, 5.41) is 5.99. The van der Waals surface area contributed by atoms with Gasteiger partial charge in [-0.05, 0) is 38.1 Å². The lowest BCUT2D eigenvalue weighted by molar-refractivity contribution is -0.116. The van der Waals surface area contributed by atoms with Gasteiger partial charge in [-0.1, -0.05) is 18.2 Å². The fourth-order valence-electron chi connectivity index (χ4n) is 1.87. The Labute approximate surface area is 130 Å². The van der Waals surface area contributed by atoms with Crippen molar-refractivity contribution < 1.29 is 9.53 Å². The molecule has 0 saturated heterocycles. The van der Waals surface area contributed by atoms with Crippen LogP contribution in [0.4, 0.5) is 11.5 Å². The second-order valence-electron chi connectivity index (χ2n) is 5.19. The van der Waals surface area contributed by atoms with Crippen molar-refractivity contribution >= 4 is 17.4 Å². The fourth-order valence-corrected chi connectivity index (χ4v) is 1.87. The van der Waals surface area contributed by atoms with E-state index in [0.29, 0.717) is 18.5 Å². The molecular formula is C17H21N3O2. The predicted molar refractivity (Wildman–Crippen MR) is 88.2 cm³/mol. The molecule has 1 amide bonds. The Kier molecular flexibility index (Phi) is 5.77. The van der Waals surface area contributed by atoms with E-state index in [-0.39, 0.29) is 12.3 Å². The number of hydrogen-bond acceptors (Lipinski definition) is 4. The molecule has 5 nitrogen and oxygen atoms in total. The molecule has 0 unspecified atom stereocenters. The summed E-state index contributed by atoms with van der Waals surface area (Å²) in [6.45, 7) is 4.45. The number of amides is 1. The van der Waals surface area contributed by atoms with Crippen molar-refractivity contribution in [2.45, 2.75) is 26.3 Å². The molecule has 0 atom stereocenters. The minimum atomic E-state index is -0.118. The van der Waals surface area contributed by atoms with E-state index in [9.17, 15) is 4.79 Å². The topological polar surface area (TPSA) is 63.2 Å². The number of hydrogen-bond donors (Lipinski definition) is 2. The van der Waals surface area contributed by atoms with Gasteiger partial charge in [0.15, 0.2) is 0 Å². The monoisotopic (exact) mass is 299 g/mol. The number of nitrogens with zero attached hydrogens (tertiary/aromatic N) is 1. The van der Waals surface area contributed by atoms with Crippen molar-refractivity contribution in [3.8, 4) is 5.75 Å². The average Bonchev–Trinajstić information content (AvgIpc) is 2.50. The van der Waals surface area contributed by atoms with E-state index in [1.165, 1.54) is 0 Å². The quantitative estimate of drug-likeness (QED) is 0.823. The van der Waals surface area contributed by atoms with Crippen LogP contribution in [0.25, 0.3) is 0 Å². The summed E-state index contributed by atoms with van der Waals surface area (Å²) in [6, 6.07) is 13.4. The highest BCUT2D eigenvalue weighted by Gasteiger charge is 2.04. The highest BCUT2D eigenvalue weighted by Crippen LogP contribution is 2.11. The Hall–Kier alpha value is -2.56. The van der Waals surface area contributed by atoms with Crippen LogP contribution in [0.3, 0.4) is 0 Å². The SMILES string of the molecule is CC(C)Nc1ccc(NC(=O)CCOc2ccccc2)nc1. The maximum atomic E-state index is 11.8. The number of nitrogens with one attached hydrogen (secondary N) is 2. The minimum Gasteiger partial charge on any atom is -0.493 e. The van der Waals surface area contributed by atoms with Crippen molar-refractivity contribution in [2.24, 2.45) is 0 Å². The van der Waals surface area contributed by atoms with E-state index in [2.05, 4.69) is 29.5 Å². The summed E-state index contributed by atoms with van der Waals surface area (Å²) in [5.41, 5.74) is 0.931. The van der Waals surface area contributed by atoms with Crippen molar-refractivity contribution in [1.29, 1.82) is 0 Å².